The molecule has 3 aromatic rings. The van der Waals surface area contributed by atoms with E-state index in [4.69, 9.17) is 0 Å². The van der Waals surface area contributed by atoms with E-state index in [1.165, 1.54) is 16.8 Å². The van der Waals surface area contributed by atoms with Crippen molar-refractivity contribution in [1.82, 2.24) is 14.5 Å². The number of rotatable bonds is 4. The molecule has 26 heavy (non-hydrogen) atoms. The maximum absolute atomic E-state index is 12.6. The van der Waals surface area contributed by atoms with Gasteiger partial charge in [0.1, 0.15) is 11.3 Å². The number of nitrogens with one attached hydrogen (secondary N) is 1. The minimum atomic E-state index is -0.178. The Kier molecular flexibility index (Phi) is 4.57. The summed E-state index contributed by atoms with van der Waals surface area (Å²) in [5.41, 5.74) is 2.20. The van der Waals surface area contributed by atoms with Crippen LogP contribution in [0.4, 0.5) is 17.3 Å². The first-order valence-corrected chi connectivity index (χ1v) is 8.05. The number of hydrogen-bond acceptors (Lipinski definition) is 6. The summed E-state index contributed by atoms with van der Waals surface area (Å²) in [6.45, 7) is 0. The molecule has 0 amide bonds. The van der Waals surface area contributed by atoms with Gasteiger partial charge in [-0.2, -0.15) is 9.72 Å². The van der Waals surface area contributed by atoms with Gasteiger partial charge in [0, 0.05) is 57.5 Å². The van der Waals surface area contributed by atoms with Gasteiger partial charge >= 0.3 is 0 Å². The number of hydrogen-bond donors (Lipinski definition) is 1. The third-order valence-corrected chi connectivity index (χ3v) is 4.08. The zero-order valence-electron chi connectivity index (χ0n) is 15.1. The predicted molar refractivity (Wildman–Crippen MR) is 104 cm³/mol. The summed E-state index contributed by atoms with van der Waals surface area (Å²) in [5, 5.41) is 16.1. The lowest BCUT2D eigenvalue weighted by molar-refractivity contribution is -0.354. The normalized spacial score (nSPS) is 11.6. The Morgan fingerprint density at radius 3 is 2.46 bits per heavy atom. The first-order chi connectivity index (χ1) is 12.4. The van der Waals surface area contributed by atoms with Crippen LogP contribution in [0, 0.1) is 5.21 Å². The average Bonchev–Trinajstić information content (AvgIpc) is 2.64. The first-order valence-electron chi connectivity index (χ1n) is 8.05. The third kappa shape index (κ3) is 3.21. The van der Waals surface area contributed by atoms with E-state index in [2.05, 4.69) is 15.3 Å². The molecular weight excluding hydrogens is 332 g/mol. The van der Waals surface area contributed by atoms with Crippen LogP contribution in [0.2, 0.25) is 0 Å². The maximum Gasteiger partial charge on any atom is 0.251 e. The summed E-state index contributed by atoms with van der Waals surface area (Å²) in [6.07, 6.45) is 1.39. The molecule has 0 saturated carbocycles. The minimum Gasteiger partial charge on any atom is -0.618 e. The molecule has 0 aliphatic heterocycles. The topological polar surface area (TPSA) is 89.1 Å². The van der Waals surface area contributed by atoms with Crippen molar-refractivity contribution < 1.29 is 4.74 Å². The SMILES string of the molecule is CNc1nc(C=[N+]([O-])c2ccc(N(C)C)cc2)c2ccc(=O)n(C)c2n1. The molecule has 0 aliphatic carbocycles. The van der Waals surface area contributed by atoms with Crippen molar-refractivity contribution in [3.8, 4) is 0 Å². The van der Waals surface area contributed by atoms with Crippen molar-refractivity contribution in [2.75, 3.05) is 31.4 Å². The fraction of sp³-hybridized carbons (Fsp3) is 0.222. The summed E-state index contributed by atoms with van der Waals surface area (Å²) in [4.78, 5) is 22.5. The van der Waals surface area contributed by atoms with E-state index < -0.39 is 0 Å². The second-order valence-corrected chi connectivity index (χ2v) is 6.02. The minimum absolute atomic E-state index is 0.178. The van der Waals surface area contributed by atoms with Gasteiger partial charge < -0.3 is 15.4 Å². The van der Waals surface area contributed by atoms with Crippen LogP contribution in [0.3, 0.4) is 0 Å². The molecule has 1 N–H and O–H groups in total. The van der Waals surface area contributed by atoms with E-state index in [0.29, 0.717) is 28.4 Å². The summed E-state index contributed by atoms with van der Waals surface area (Å²) in [6, 6.07) is 10.3. The van der Waals surface area contributed by atoms with Crippen LogP contribution in [0.15, 0.2) is 41.2 Å². The van der Waals surface area contributed by atoms with Crippen LogP contribution in [0.5, 0.6) is 0 Å². The zero-order chi connectivity index (χ0) is 18.8. The van der Waals surface area contributed by atoms with Crippen molar-refractivity contribution in [2.24, 2.45) is 7.05 Å². The Labute approximate surface area is 150 Å². The van der Waals surface area contributed by atoms with Gasteiger partial charge in [-0.25, -0.2) is 4.98 Å². The van der Waals surface area contributed by atoms with E-state index >= 15 is 0 Å². The summed E-state index contributed by atoms with van der Waals surface area (Å²) < 4.78 is 2.18. The smallest absolute Gasteiger partial charge is 0.251 e. The lowest BCUT2D eigenvalue weighted by Gasteiger charge is -2.12. The van der Waals surface area contributed by atoms with Crippen LogP contribution in [0.1, 0.15) is 5.69 Å². The second-order valence-electron chi connectivity index (χ2n) is 6.02. The van der Waals surface area contributed by atoms with Gasteiger partial charge in [0.25, 0.3) is 5.56 Å². The molecule has 8 nitrogen and oxygen atoms in total. The Morgan fingerprint density at radius 1 is 1.15 bits per heavy atom. The Bertz CT molecular complexity index is 1040. The average molecular weight is 352 g/mol. The molecule has 0 fully saturated rings. The number of fused-ring (bicyclic) bond motifs is 1. The number of benzene rings is 1. The number of aromatic nitrogens is 3. The van der Waals surface area contributed by atoms with Crippen molar-refractivity contribution >= 4 is 34.6 Å². The molecule has 3 rings (SSSR count). The molecular formula is C18H20N6O2. The molecule has 2 aromatic heterocycles. The molecule has 0 spiro atoms. The van der Waals surface area contributed by atoms with Crippen LogP contribution in [-0.2, 0) is 7.05 Å². The number of pyridine rings is 1. The molecule has 1 aromatic carbocycles. The highest BCUT2D eigenvalue weighted by molar-refractivity contribution is 5.94. The number of anilines is 2. The van der Waals surface area contributed by atoms with E-state index in [0.717, 1.165) is 10.4 Å². The molecule has 0 atom stereocenters. The molecule has 0 unspecified atom stereocenters. The van der Waals surface area contributed by atoms with Gasteiger partial charge in [0.15, 0.2) is 0 Å². The quantitative estimate of drug-likeness (QED) is 0.333. The standard InChI is InChI=1S/C18H20N6O2/c1-19-18-20-15(14-9-10-16(25)23(4)17(14)21-18)11-24(26)13-7-5-12(6-8-13)22(2)3/h5-11H,1-4H3,(H,19,20,21). The van der Waals surface area contributed by atoms with Crippen molar-refractivity contribution in [2.45, 2.75) is 0 Å². The monoisotopic (exact) mass is 352 g/mol. The Balaban J connectivity index is 2.13. The lowest BCUT2D eigenvalue weighted by Crippen LogP contribution is -2.18. The van der Waals surface area contributed by atoms with Gasteiger partial charge in [-0.05, 0) is 18.2 Å². The van der Waals surface area contributed by atoms with Gasteiger partial charge in [-0.3, -0.25) is 9.36 Å². The lowest BCUT2D eigenvalue weighted by atomic mass is 10.2. The van der Waals surface area contributed by atoms with Crippen molar-refractivity contribution in [3.05, 3.63) is 57.7 Å². The Morgan fingerprint density at radius 2 is 1.85 bits per heavy atom. The molecule has 0 aliphatic rings. The summed E-state index contributed by atoms with van der Waals surface area (Å²) >= 11 is 0. The summed E-state index contributed by atoms with van der Waals surface area (Å²) in [5.74, 6) is 0.335. The highest BCUT2D eigenvalue weighted by Gasteiger charge is 2.12. The van der Waals surface area contributed by atoms with Gasteiger partial charge in [-0.1, -0.05) is 0 Å². The number of nitrogens with zero attached hydrogens (tertiary/aromatic N) is 5. The first kappa shape index (κ1) is 17.4. The Hall–Kier alpha value is -3.42. The van der Waals surface area contributed by atoms with Crippen LogP contribution < -0.4 is 15.8 Å². The maximum atomic E-state index is 12.6. The van der Waals surface area contributed by atoms with E-state index in [-0.39, 0.29) is 5.56 Å². The molecule has 2 heterocycles. The molecule has 0 saturated heterocycles. The summed E-state index contributed by atoms with van der Waals surface area (Å²) in [7, 11) is 7.19. The van der Waals surface area contributed by atoms with Crippen LogP contribution >= 0.6 is 0 Å². The van der Waals surface area contributed by atoms with Crippen molar-refractivity contribution in [3.63, 3.8) is 0 Å². The van der Waals surface area contributed by atoms with E-state index in [1.807, 2.05) is 31.1 Å². The highest BCUT2D eigenvalue weighted by Crippen LogP contribution is 2.19. The van der Waals surface area contributed by atoms with Crippen LogP contribution in [0.25, 0.3) is 11.0 Å². The molecule has 134 valence electrons. The second kappa shape index (κ2) is 6.83. The fourth-order valence-electron chi connectivity index (χ4n) is 2.55. The predicted octanol–water partition coefficient (Wildman–Crippen LogP) is 1.70. The fourth-order valence-corrected chi connectivity index (χ4v) is 2.55. The zero-order valence-corrected chi connectivity index (χ0v) is 15.1. The number of aryl methyl sites for hydroxylation is 1. The van der Waals surface area contributed by atoms with E-state index in [9.17, 15) is 10.0 Å². The highest BCUT2D eigenvalue weighted by atomic mass is 16.5. The molecule has 8 heteroatoms. The van der Waals surface area contributed by atoms with Gasteiger partial charge in [-0.15, -0.1) is 0 Å². The van der Waals surface area contributed by atoms with Gasteiger partial charge in [0.2, 0.25) is 17.9 Å². The van der Waals surface area contributed by atoms with Gasteiger partial charge in [0.05, 0.1) is 0 Å². The third-order valence-electron chi connectivity index (χ3n) is 4.08. The van der Waals surface area contributed by atoms with Crippen LogP contribution in [-0.4, -0.2) is 46.6 Å². The van der Waals surface area contributed by atoms with E-state index in [1.54, 1.807) is 32.3 Å². The largest absolute Gasteiger partial charge is 0.618 e. The molecule has 0 bridgehead atoms. The molecule has 0 radical (unpaired) electrons. The van der Waals surface area contributed by atoms with Crippen molar-refractivity contribution in [1.29, 1.82) is 0 Å².